The molecule has 0 nitrogen and oxygen atoms in total. The van der Waals surface area contributed by atoms with Gasteiger partial charge in [0.05, 0.1) is 0 Å². The lowest BCUT2D eigenvalue weighted by Crippen LogP contribution is -1.95. The van der Waals surface area contributed by atoms with E-state index in [2.05, 4.69) is 146 Å². The fraction of sp³-hybridized carbons (Fsp3) is 0. The first-order valence-corrected chi connectivity index (χ1v) is 14.9. The highest BCUT2D eigenvalue weighted by molar-refractivity contribution is 7.99. The van der Waals surface area contributed by atoms with Crippen LogP contribution in [0, 0.1) is 0 Å². The Kier molecular flexibility index (Phi) is 4.93. The van der Waals surface area contributed by atoms with Crippen LogP contribution in [0.15, 0.2) is 155 Å². The van der Waals surface area contributed by atoms with Crippen LogP contribution in [0.2, 0.25) is 0 Å². The number of benzene rings is 8. The largest absolute Gasteiger partial charge is 0.0888 e. The molecule has 8 aromatic rings. The summed E-state index contributed by atoms with van der Waals surface area (Å²) in [5, 5.41) is 10.4. The van der Waals surface area contributed by atoms with E-state index in [4.69, 9.17) is 0 Å². The second-order valence-electron chi connectivity index (χ2n) is 10.8. The van der Waals surface area contributed by atoms with Crippen LogP contribution >= 0.6 is 11.8 Å². The lowest BCUT2D eigenvalue weighted by Gasteiger charge is -2.22. The molecule has 1 aliphatic heterocycles. The molecule has 0 aromatic heterocycles. The van der Waals surface area contributed by atoms with Crippen LogP contribution < -0.4 is 0 Å². The SMILES string of the molecule is c1ccc(-c2c3ccccc3cc3c2cc(-c2ccc4c5c(cccc25)-c2ccccc2S4)c2ccccc23)cc1. The second-order valence-corrected chi connectivity index (χ2v) is 11.9. The number of hydrogen-bond donors (Lipinski definition) is 0. The Hall–Kier alpha value is -4.85. The third kappa shape index (κ3) is 3.36. The van der Waals surface area contributed by atoms with E-state index in [1.54, 1.807) is 0 Å². The minimum absolute atomic E-state index is 1.25. The highest BCUT2D eigenvalue weighted by Crippen LogP contribution is 2.51. The standard InChI is InChI=1S/C40H24S/c1-2-11-25(12-3-1)39-27-14-5-4-13-26(27)23-34-28-15-6-7-16-29(28)35(24-36(34)39)30-21-22-38-40-32(30)18-10-19-33(40)31-17-8-9-20-37(31)41-38/h1-24H. The third-order valence-electron chi connectivity index (χ3n) is 8.64. The Balaban J connectivity index is 1.44. The van der Waals surface area contributed by atoms with Crippen molar-refractivity contribution in [1.82, 2.24) is 0 Å². The van der Waals surface area contributed by atoms with Gasteiger partial charge in [0.25, 0.3) is 0 Å². The summed E-state index contributed by atoms with van der Waals surface area (Å²) in [7, 11) is 0. The van der Waals surface area contributed by atoms with Crippen molar-refractivity contribution in [3.05, 3.63) is 146 Å². The van der Waals surface area contributed by atoms with Crippen LogP contribution in [-0.4, -0.2) is 0 Å². The number of fused-ring (bicyclic) bond motifs is 6. The van der Waals surface area contributed by atoms with E-state index in [9.17, 15) is 0 Å². The van der Waals surface area contributed by atoms with Crippen molar-refractivity contribution < 1.29 is 0 Å². The van der Waals surface area contributed by atoms with Gasteiger partial charge in [-0.3, -0.25) is 0 Å². The predicted octanol–water partition coefficient (Wildman–Crippen LogP) is 11.8. The Bertz CT molecular complexity index is 2330. The van der Waals surface area contributed by atoms with Crippen LogP contribution in [0.4, 0.5) is 0 Å². The molecule has 1 heteroatoms. The molecule has 0 saturated heterocycles. The Morgan fingerprint density at radius 3 is 1.95 bits per heavy atom. The molecule has 0 fully saturated rings. The molecule has 9 rings (SSSR count). The number of rotatable bonds is 2. The lowest BCUT2D eigenvalue weighted by atomic mass is 9.85. The molecule has 0 unspecified atom stereocenters. The van der Waals surface area contributed by atoms with Crippen molar-refractivity contribution in [2.75, 3.05) is 0 Å². The van der Waals surface area contributed by atoms with Crippen LogP contribution in [0.25, 0.3) is 76.5 Å². The summed E-state index contributed by atoms with van der Waals surface area (Å²) >= 11 is 1.89. The van der Waals surface area contributed by atoms with Gasteiger partial charge in [-0.1, -0.05) is 133 Å². The van der Waals surface area contributed by atoms with E-state index in [0.717, 1.165) is 0 Å². The molecule has 0 radical (unpaired) electrons. The molecule has 8 aromatic carbocycles. The summed E-state index contributed by atoms with van der Waals surface area (Å²) in [4.78, 5) is 2.66. The second kappa shape index (κ2) is 8.83. The van der Waals surface area contributed by atoms with E-state index in [-0.39, 0.29) is 0 Å². The molecular weight excluding hydrogens is 513 g/mol. The maximum Gasteiger partial charge on any atom is 0.0207 e. The minimum Gasteiger partial charge on any atom is -0.0888 e. The van der Waals surface area contributed by atoms with Crippen molar-refractivity contribution in [3.63, 3.8) is 0 Å². The van der Waals surface area contributed by atoms with Crippen molar-refractivity contribution in [2.24, 2.45) is 0 Å². The van der Waals surface area contributed by atoms with Gasteiger partial charge in [-0.2, -0.15) is 0 Å². The topological polar surface area (TPSA) is 0 Å². The quantitative estimate of drug-likeness (QED) is 0.156. The van der Waals surface area contributed by atoms with E-state index in [0.29, 0.717) is 0 Å². The first-order valence-electron chi connectivity index (χ1n) is 14.1. The zero-order valence-electron chi connectivity index (χ0n) is 22.3. The molecule has 0 saturated carbocycles. The molecule has 0 N–H and O–H groups in total. The summed E-state index contributed by atoms with van der Waals surface area (Å²) in [5.41, 5.74) is 7.78. The molecule has 0 bridgehead atoms. The van der Waals surface area contributed by atoms with Gasteiger partial charge in [0.1, 0.15) is 0 Å². The molecular formula is C40H24S. The van der Waals surface area contributed by atoms with Gasteiger partial charge < -0.3 is 0 Å². The van der Waals surface area contributed by atoms with Gasteiger partial charge in [-0.25, -0.2) is 0 Å². The van der Waals surface area contributed by atoms with Crippen molar-refractivity contribution in [3.8, 4) is 33.4 Å². The molecule has 0 spiro atoms. The summed E-state index contributed by atoms with van der Waals surface area (Å²) < 4.78 is 0. The van der Waals surface area contributed by atoms with Gasteiger partial charge in [-0.05, 0) is 95.3 Å². The van der Waals surface area contributed by atoms with Gasteiger partial charge in [0.2, 0.25) is 0 Å². The lowest BCUT2D eigenvalue weighted by molar-refractivity contribution is 1.40. The maximum absolute atomic E-state index is 2.46. The van der Waals surface area contributed by atoms with E-state index >= 15 is 0 Å². The fourth-order valence-electron chi connectivity index (χ4n) is 6.87. The summed E-state index contributed by atoms with van der Waals surface area (Å²) in [5.74, 6) is 0. The molecule has 0 aliphatic carbocycles. The zero-order chi connectivity index (χ0) is 26.9. The van der Waals surface area contributed by atoms with Gasteiger partial charge in [-0.15, -0.1) is 0 Å². The molecule has 190 valence electrons. The normalized spacial score (nSPS) is 12.3. The average Bonchev–Trinajstić information content (AvgIpc) is 3.04. The monoisotopic (exact) mass is 536 g/mol. The van der Waals surface area contributed by atoms with E-state index in [1.165, 1.54) is 86.3 Å². The Morgan fingerprint density at radius 2 is 1.05 bits per heavy atom. The Labute approximate surface area is 242 Å². The highest BCUT2D eigenvalue weighted by atomic mass is 32.2. The predicted molar refractivity (Wildman–Crippen MR) is 177 cm³/mol. The zero-order valence-corrected chi connectivity index (χ0v) is 23.1. The molecule has 1 aliphatic rings. The van der Waals surface area contributed by atoms with Gasteiger partial charge in [0, 0.05) is 15.2 Å². The average molecular weight is 537 g/mol. The van der Waals surface area contributed by atoms with Gasteiger partial charge in [0.15, 0.2) is 0 Å². The number of hydrogen-bond acceptors (Lipinski definition) is 1. The molecule has 0 amide bonds. The first-order chi connectivity index (χ1) is 20.3. The first kappa shape index (κ1) is 22.9. The van der Waals surface area contributed by atoms with Crippen LogP contribution in [0.3, 0.4) is 0 Å². The molecule has 41 heavy (non-hydrogen) atoms. The Morgan fingerprint density at radius 1 is 0.341 bits per heavy atom. The fourth-order valence-corrected chi connectivity index (χ4v) is 7.99. The van der Waals surface area contributed by atoms with Crippen LogP contribution in [0.1, 0.15) is 0 Å². The summed E-state index contributed by atoms with van der Waals surface area (Å²) in [6.45, 7) is 0. The smallest absolute Gasteiger partial charge is 0.0207 e. The van der Waals surface area contributed by atoms with Gasteiger partial charge >= 0.3 is 0 Å². The van der Waals surface area contributed by atoms with Crippen LogP contribution in [-0.2, 0) is 0 Å². The molecule has 0 atom stereocenters. The maximum atomic E-state index is 2.46. The summed E-state index contributed by atoms with van der Waals surface area (Å²) in [6, 6.07) is 53.8. The summed E-state index contributed by atoms with van der Waals surface area (Å²) in [6.07, 6.45) is 0. The highest BCUT2D eigenvalue weighted by Gasteiger charge is 2.22. The van der Waals surface area contributed by atoms with Crippen molar-refractivity contribution in [1.29, 1.82) is 0 Å². The van der Waals surface area contributed by atoms with Crippen molar-refractivity contribution in [2.45, 2.75) is 9.79 Å². The van der Waals surface area contributed by atoms with Crippen molar-refractivity contribution >= 4 is 54.9 Å². The van der Waals surface area contributed by atoms with Crippen LogP contribution in [0.5, 0.6) is 0 Å². The van der Waals surface area contributed by atoms with E-state index < -0.39 is 0 Å². The third-order valence-corrected chi connectivity index (χ3v) is 9.77. The minimum atomic E-state index is 1.25. The van der Waals surface area contributed by atoms with E-state index in [1.807, 2.05) is 11.8 Å². The molecule has 1 heterocycles.